The first-order valence-corrected chi connectivity index (χ1v) is 14.3. The molecule has 41 heavy (non-hydrogen) atoms. The number of nitrogens with zero attached hydrogens (tertiary/aromatic N) is 1. The number of benzene rings is 3. The molecule has 0 amide bonds. The van der Waals surface area contributed by atoms with Crippen molar-refractivity contribution in [2.75, 3.05) is 26.6 Å². The van der Waals surface area contributed by atoms with E-state index in [4.69, 9.17) is 21.1 Å². The smallest absolute Gasteiger partial charge is 0.343 e. The number of thioether (sulfide) groups is 1. The Hall–Kier alpha value is -3.85. The van der Waals surface area contributed by atoms with Gasteiger partial charge in [0, 0.05) is 16.2 Å². The number of aliphatic hydroxyl groups excluding tert-OH is 1. The van der Waals surface area contributed by atoms with Crippen LogP contribution in [0.25, 0.3) is 23.1 Å². The van der Waals surface area contributed by atoms with Crippen LogP contribution in [-0.4, -0.2) is 48.6 Å². The molecule has 0 saturated carbocycles. The summed E-state index contributed by atoms with van der Waals surface area (Å²) in [7, 11) is 2.65. The van der Waals surface area contributed by atoms with Crippen molar-refractivity contribution in [2.24, 2.45) is 0 Å². The normalized spacial score (nSPS) is 12.7. The molecule has 0 aliphatic carbocycles. The van der Waals surface area contributed by atoms with Gasteiger partial charge in [0.05, 0.1) is 43.2 Å². The lowest BCUT2D eigenvalue weighted by atomic mass is 9.98. The van der Waals surface area contributed by atoms with Gasteiger partial charge in [-0.2, -0.15) is 11.8 Å². The highest BCUT2D eigenvalue weighted by molar-refractivity contribution is 7.99. The van der Waals surface area contributed by atoms with Crippen molar-refractivity contribution in [3.63, 3.8) is 0 Å². The Balaban J connectivity index is 1.56. The van der Waals surface area contributed by atoms with Crippen molar-refractivity contribution in [3.8, 4) is 5.75 Å². The summed E-state index contributed by atoms with van der Waals surface area (Å²) in [6.07, 6.45) is 3.16. The van der Waals surface area contributed by atoms with Crippen LogP contribution in [0.15, 0.2) is 78.9 Å². The van der Waals surface area contributed by atoms with E-state index in [2.05, 4.69) is 9.72 Å². The van der Waals surface area contributed by atoms with Gasteiger partial charge in [0.25, 0.3) is 0 Å². The maximum absolute atomic E-state index is 11.7. The molecule has 4 aromatic rings. The number of hydrogen-bond acceptors (Lipinski definition) is 8. The van der Waals surface area contributed by atoms with E-state index in [0.29, 0.717) is 22.1 Å². The molecule has 2 unspecified atom stereocenters. The standard InChI is InChI=1S/C32H30ClNO6S/c1-38-29(35)15-16-41-32(24-7-4-8-27(18-24)40-20-30(36)39-2)31(37)23-6-3-5-21(17-23)9-13-26-14-11-22-10-12-25(33)19-28(22)34-26/h3-14,17-19,31-32,37H,15-16,20H2,1-2H3. The molecule has 7 nitrogen and oxygen atoms in total. The zero-order valence-corrected chi connectivity index (χ0v) is 24.2. The quantitative estimate of drug-likeness (QED) is 0.182. The lowest BCUT2D eigenvalue weighted by Gasteiger charge is -2.24. The summed E-state index contributed by atoms with van der Waals surface area (Å²) >= 11 is 7.57. The molecular weight excluding hydrogens is 562 g/mol. The van der Waals surface area contributed by atoms with E-state index >= 15 is 0 Å². The van der Waals surface area contributed by atoms with Crippen LogP contribution in [0.1, 0.15) is 40.2 Å². The molecule has 0 spiro atoms. The van der Waals surface area contributed by atoms with Gasteiger partial charge in [0.15, 0.2) is 6.61 Å². The Morgan fingerprint density at radius 1 is 0.927 bits per heavy atom. The van der Waals surface area contributed by atoms with Gasteiger partial charge in [-0.25, -0.2) is 9.78 Å². The molecular formula is C32H30ClNO6S. The minimum absolute atomic E-state index is 0.204. The molecule has 0 bridgehead atoms. The fraction of sp³-hybridized carbons (Fsp3) is 0.219. The number of fused-ring (bicyclic) bond motifs is 1. The summed E-state index contributed by atoms with van der Waals surface area (Å²) in [5, 5.41) is 12.8. The predicted molar refractivity (Wildman–Crippen MR) is 163 cm³/mol. The lowest BCUT2D eigenvalue weighted by Crippen LogP contribution is -2.13. The first kappa shape index (κ1) is 30.1. The zero-order chi connectivity index (χ0) is 29.2. The van der Waals surface area contributed by atoms with Gasteiger partial charge >= 0.3 is 11.9 Å². The first-order valence-electron chi connectivity index (χ1n) is 12.9. The second-order valence-corrected chi connectivity index (χ2v) is 10.8. The Labute approximate surface area is 248 Å². The van der Waals surface area contributed by atoms with Crippen LogP contribution < -0.4 is 4.74 Å². The molecule has 0 aliphatic rings. The van der Waals surface area contributed by atoms with Crippen LogP contribution in [0.3, 0.4) is 0 Å². The average molecular weight is 592 g/mol. The number of aliphatic hydroxyl groups is 1. The number of carbonyl (C=O) groups excluding carboxylic acids is 2. The zero-order valence-electron chi connectivity index (χ0n) is 22.7. The second-order valence-electron chi connectivity index (χ2n) is 9.08. The first-order chi connectivity index (χ1) is 19.9. The molecule has 1 heterocycles. The van der Waals surface area contributed by atoms with Crippen molar-refractivity contribution in [1.29, 1.82) is 0 Å². The van der Waals surface area contributed by atoms with Crippen LogP contribution in [0.2, 0.25) is 5.02 Å². The van der Waals surface area contributed by atoms with Crippen LogP contribution in [0.4, 0.5) is 0 Å². The molecule has 0 aliphatic heterocycles. The SMILES string of the molecule is COC(=O)CCSC(c1cccc(OCC(=O)OC)c1)C(O)c1cccc(C=Cc2ccc3ccc(Cl)cc3n2)c1. The van der Waals surface area contributed by atoms with Crippen molar-refractivity contribution in [2.45, 2.75) is 17.8 Å². The van der Waals surface area contributed by atoms with Crippen molar-refractivity contribution >= 4 is 58.4 Å². The number of ether oxygens (including phenoxy) is 3. The molecule has 1 N–H and O–H groups in total. The van der Waals surface area contributed by atoms with E-state index < -0.39 is 17.3 Å². The second kappa shape index (κ2) is 14.7. The van der Waals surface area contributed by atoms with Crippen LogP contribution in [0.5, 0.6) is 5.75 Å². The molecule has 0 saturated heterocycles. The monoisotopic (exact) mass is 591 g/mol. The maximum atomic E-state index is 11.7. The summed E-state index contributed by atoms with van der Waals surface area (Å²) in [5.74, 6) is 0.0999. The van der Waals surface area contributed by atoms with Crippen molar-refractivity contribution in [1.82, 2.24) is 4.98 Å². The maximum Gasteiger partial charge on any atom is 0.343 e. The Bertz CT molecular complexity index is 1540. The minimum Gasteiger partial charge on any atom is -0.482 e. The van der Waals surface area contributed by atoms with Crippen LogP contribution in [0, 0.1) is 0 Å². The molecule has 2 atom stereocenters. The van der Waals surface area contributed by atoms with E-state index in [-0.39, 0.29) is 19.0 Å². The Kier molecular flexibility index (Phi) is 10.8. The fourth-order valence-corrected chi connectivity index (χ4v) is 5.51. The highest BCUT2D eigenvalue weighted by atomic mass is 35.5. The average Bonchev–Trinajstić information content (AvgIpc) is 3.00. The van der Waals surface area contributed by atoms with Crippen LogP contribution in [-0.2, 0) is 19.1 Å². The number of carbonyl (C=O) groups is 2. The highest BCUT2D eigenvalue weighted by Crippen LogP contribution is 2.41. The van der Waals surface area contributed by atoms with Gasteiger partial charge in [-0.1, -0.05) is 60.1 Å². The summed E-state index contributed by atoms with van der Waals surface area (Å²) in [6.45, 7) is -0.226. The van der Waals surface area contributed by atoms with Crippen LogP contribution >= 0.6 is 23.4 Å². The number of methoxy groups -OCH3 is 2. The predicted octanol–water partition coefficient (Wildman–Crippen LogP) is 6.68. The Morgan fingerprint density at radius 2 is 1.68 bits per heavy atom. The number of aromatic nitrogens is 1. The topological polar surface area (TPSA) is 95.0 Å². The van der Waals surface area contributed by atoms with Gasteiger partial charge in [-0.15, -0.1) is 0 Å². The largest absolute Gasteiger partial charge is 0.482 e. The number of pyridine rings is 1. The van der Waals surface area contributed by atoms with E-state index in [0.717, 1.165) is 27.7 Å². The van der Waals surface area contributed by atoms with Gasteiger partial charge in [-0.05, 0) is 59.2 Å². The summed E-state index contributed by atoms with van der Waals surface area (Å²) in [4.78, 5) is 27.9. The molecule has 0 fully saturated rings. The van der Waals surface area contributed by atoms with Gasteiger partial charge < -0.3 is 19.3 Å². The van der Waals surface area contributed by atoms with Gasteiger partial charge in [-0.3, -0.25) is 4.79 Å². The van der Waals surface area contributed by atoms with E-state index in [1.807, 2.05) is 72.8 Å². The number of rotatable bonds is 12. The van der Waals surface area contributed by atoms with Crippen molar-refractivity contribution < 1.29 is 28.9 Å². The summed E-state index contributed by atoms with van der Waals surface area (Å²) < 4.78 is 15.0. The molecule has 3 aromatic carbocycles. The van der Waals surface area contributed by atoms with E-state index in [1.165, 1.54) is 26.0 Å². The number of esters is 2. The third kappa shape index (κ3) is 8.57. The van der Waals surface area contributed by atoms with Gasteiger partial charge in [0.1, 0.15) is 5.75 Å². The molecule has 1 aromatic heterocycles. The fourth-order valence-electron chi connectivity index (χ4n) is 4.13. The van der Waals surface area contributed by atoms with Gasteiger partial charge in [0.2, 0.25) is 0 Å². The third-order valence-electron chi connectivity index (χ3n) is 6.26. The summed E-state index contributed by atoms with van der Waals surface area (Å²) in [5.41, 5.74) is 3.98. The Morgan fingerprint density at radius 3 is 2.49 bits per heavy atom. The summed E-state index contributed by atoms with van der Waals surface area (Å²) in [6, 6.07) is 24.4. The molecule has 4 rings (SSSR count). The van der Waals surface area contributed by atoms with E-state index in [1.54, 1.807) is 18.2 Å². The van der Waals surface area contributed by atoms with Crippen molar-refractivity contribution in [3.05, 3.63) is 106 Å². The minimum atomic E-state index is -0.900. The lowest BCUT2D eigenvalue weighted by molar-refractivity contribution is -0.143. The number of halogens is 1. The highest BCUT2D eigenvalue weighted by Gasteiger charge is 2.24. The molecule has 0 radical (unpaired) electrons. The molecule has 9 heteroatoms. The van der Waals surface area contributed by atoms with E-state index in [9.17, 15) is 14.7 Å². The third-order valence-corrected chi connectivity index (χ3v) is 7.83. The molecule has 212 valence electrons. The number of hydrogen-bond donors (Lipinski definition) is 1.